The molecule has 3 unspecified atom stereocenters. The van der Waals surface area contributed by atoms with Gasteiger partial charge in [0.1, 0.15) is 0 Å². The van der Waals surface area contributed by atoms with Crippen molar-refractivity contribution in [1.82, 2.24) is 5.32 Å². The number of hydrogen-bond donors (Lipinski definition) is 2. The summed E-state index contributed by atoms with van der Waals surface area (Å²) in [6.07, 6.45) is 1.44. The molecular formula is C14H22N2O. The summed E-state index contributed by atoms with van der Waals surface area (Å²) in [6.45, 7) is 5.68. The van der Waals surface area contributed by atoms with Crippen LogP contribution in [0.2, 0.25) is 0 Å². The largest absolute Gasteiger partial charge is 0.374 e. The van der Waals surface area contributed by atoms with Crippen molar-refractivity contribution in [2.45, 2.75) is 44.6 Å². The maximum Gasteiger partial charge on any atom is 0.0745 e. The van der Waals surface area contributed by atoms with Crippen LogP contribution in [0.15, 0.2) is 30.3 Å². The standard InChI is InChI=1S/C14H22N2O/c1-11-8-14(10-15,12(2)17-11)16-9-13-6-4-3-5-7-13/h3-7,11-12,16H,8-10,15H2,1-2H3. The van der Waals surface area contributed by atoms with Gasteiger partial charge in [0.25, 0.3) is 0 Å². The molecular weight excluding hydrogens is 212 g/mol. The highest BCUT2D eigenvalue weighted by molar-refractivity contribution is 5.15. The average molecular weight is 234 g/mol. The third kappa shape index (κ3) is 2.68. The van der Waals surface area contributed by atoms with Gasteiger partial charge >= 0.3 is 0 Å². The van der Waals surface area contributed by atoms with E-state index in [9.17, 15) is 0 Å². The van der Waals surface area contributed by atoms with Crippen LogP contribution in [0.3, 0.4) is 0 Å². The van der Waals surface area contributed by atoms with E-state index in [2.05, 4.69) is 43.4 Å². The lowest BCUT2D eigenvalue weighted by atomic mass is 9.90. The monoisotopic (exact) mass is 234 g/mol. The molecule has 1 aromatic carbocycles. The van der Waals surface area contributed by atoms with Gasteiger partial charge < -0.3 is 15.8 Å². The molecule has 3 nitrogen and oxygen atoms in total. The van der Waals surface area contributed by atoms with E-state index in [1.54, 1.807) is 0 Å². The van der Waals surface area contributed by atoms with Gasteiger partial charge in [0.2, 0.25) is 0 Å². The smallest absolute Gasteiger partial charge is 0.0745 e. The minimum absolute atomic E-state index is 0.0741. The molecule has 0 saturated carbocycles. The van der Waals surface area contributed by atoms with Gasteiger partial charge in [-0.1, -0.05) is 30.3 Å². The molecule has 1 heterocycles. The molecule has 1 fully saturated rings. The van der Waals surface area contributed by atoms with Crippen molar-refractivity contribution in [3.05, 3.63) is 35.9 Å². The Morgan fingerprint density at radius 1 is 1.35 bits per heavy atom. The van der Waals surface area contributed by atoms with Gasteiger partial charge in [-0.25, -0.2) is 0 Å². The summed E-state index contributed by atoms with van der Waals surface area (Å²) < 4.78 is 5.81. The highest BCUT2D eigenvalue weighted by atomic mass is 16.5. The third-order valence-electron chi connectivity index (χ3n) is 3.72. The molecule has 1 aliphatic rings. The van der Waals surface area contributed by atoms with Crippen LogP contribution in [0.25, 0.3) is 0 Å². The van der Waals surface area contributed by atoms with Crippen LogP contribution in [0, 0.1) is 0 Å². The van der Waals surface area contributed by atoms with E-state index in [4.69, 9.17) is 10.5 Å². The molecule has 17 heavy (non-hydrogen) atoms. The quantitative estimate of drug-likeness (QED) is 0.833. The van der Waals surface area contributed by atoms with Gasteiger partial charge in [0, 0.05) is 13.1 Å². The Morgan fingerprint density at radius 3 is 2.59 bits per heavy atom. The molecule has 94 valence electrons. The van der Waals surface area contributed by atoms with Crippen molar-refractivity contribution < 1.29 is 4.74 Å². The first-order valence-electron chi connectivity index (χ1n) is 6.31. The van der Waals surface area contributed by atoms with E-state index in [1.165, 1.54) is 5.56 Å². The van der Waals surface area contributed by atoms with Crippen molar-refractivity contribution in [3.8, 4) is 0 Å². The Labute approximate surface area is 103 Å². The van der Waals surface area contributed by atoms with Crippen molar-refractivity contribution in [2.75, 3.05) is 6.54 Å². The van der Waals surface area contributed by atoms with E-state index >= 15 is 0 Å². The van der Waals surface area contributed by atoms with Crippen LogP contribution >= 0.6 is 0 Å². The Hall–Kier alpha value is -0.900. The van der Waals surface area contributed by atoms with Crippen LogP contribution in [-0.2, 0) is 11.3 Å². The molecule has 0 amide bonds. The van der Waals surface area contributed by atoms with Crippen LogP contribution in [0.1, 0.15) is 25.8 Å². The second kappa shape index (κ2) is 5.17. The topological polar surface area (TPSA) is 47.3 Å². The molecule has 3 N–H and O–H groups in total. The van der Waals surface area contributed by atoms with Gasteiger partial charge in [-0.15, -0.1) is 0 Å². The Balaban J connectivity index is 2.01. The van der Waals surface area contributed by atoms with E-state index in [0.29, 0.717) is 6.54 Å². The van der Waals surface area contributed by atoms with Gasteiger partial charge in [0.15, 0.2) is 0 Å². The van der Waals surface area contributed by atoms with Crippen LogP contribution in [0.4, 0.5) is 0 Å². The molecule has 2 rings (SSSR count). The van der Waals surface area contributed by atoms with Gasteiger partial charge in [0.05, 0.1) is 17.7 Å². The minimum Gasteiger partial charge on any atom is -0.374 e. The maximum absolute atomic E-state index is 5.94. The Bertz CT molecular complexity index is 354. The van der Waals surface area contributed by atoms with Crippen molar-refractivity contribution in [2.24, 2.45) is 5.73 Å². The van der Waals surface area contributed by atoms with Crippen LogP contribution in [-0.4, -0.2) is 24.3 Å². The first-order valence-corrected chi connectivity index (χ1v) is 6.31. The normalized spacial score (nSPS) is 32.9. The summed E-state index contributed by atoms with van der Waals surface area (Å²) in [4.78, 5) is 0. The van der Waals surface area contributed by atoms with Crippen molar-refractivity contribution in [1.29, 1.82) is 0 Å². The molecule has 0 radical (unpaired) electrons. The lowest BCUT2D eigenvalue weighted by Gasteiger charge is -2.32. The molecule has 3 atom stereocenters. The molecule has 0 aromatic heterocycles. The zero-order valence-electron chi connectivity index (χ0n) is 10.6. The second-order valence-corrected chi connectivity index (χ2v) is 4.99. The number of nitrogens with one attached hydrogen (secondary N) is 1. The lowest BCUT2D eigenvalue weighted by molar-refractivity contribution is 0.0446. The molecule has 0 spiro atoms. The third-order valence-corrected chi connectivity index (χ3v) is 3.72. The highest BCUT2D eigenvalue weighted by Gasteiger charge is 2.43. The number of ether oxygens (including phenoxy) is 1. The molecule has 1 aliphatic heterocycles. The van der Waals surface area contributed by atoms with Gasteiger partial charge in [-0.05, 0) is 25.8 Å². The predicted octanol–water partition coefficient (Wildman–Crippen LogP) is 1.67. The molecule has 0 aliphatic carbocycles. The van der Waals surface area contributed by atoms with Crippen LogP contribution < -0.4 is 11.1 Å². The van der Waals surface area contributed by atoms with Gasteiger partial charge in [-0.2, -0.15) is 0 Å². The summed E-state index contributed by atoms with van der Waals surface area (Å²) >= 11 is 0. The number of benzene rings is 1. The molecule has 0 bridgehead atoms. The fourth-order valence-electron chi connectivity index (χ4n) is 2.62. The number of hydrogen-bond acceptors (Lipinski definition) is 3. The Morgan fingerprint density at radius 2 is 2.06 bits per heavy atom. The first-order chi connectivity index (χ1) is 8.16. The predicted molar refractivity (Wildman–Crippen MR) is 69.7 cm³/mol. The van der Waals surface area contributed by atoms with Crippen molar-refractivity contribution >= 4 is 0 Å². The molecule has 3 heteroatoms. The highest BCUT2D eigenvalue weighted by Crippen LogP contribution is 2.29. The average Bonchev–Trinajstić information content (AvgIpc) is 2.63. The summed E-state index contributed by atoms with van der Waals surface area (Å²) in [6, 6.07) is 10.4. The molecule has 1 aromatic rings. The number of nitrogens with two attached hydrogens (primary N) is 1. The SMILES string of the molecule is CC1CC(CN)(NCc2ccccc2)C(C)O1. The van der Waals surface area contributed by atoms with E-state index in [0.717, 1.165) is 13.0 Å². The fourth-order valence-corrected chi connectivity index (χ4v) is 2.62. The summed E-state index contributed by atoms with van der Waals surface area (Å²) in [7, 11) is 0. The fraction of sp³-hybridized carbons (Fsp3) is 0.571. The molecule has 1 saturated heterocycles. The van der Waals surface area contributed by atoms with Crippen molar-refractivity contribution in [3.63, 3.8) is 0 Å². The summed E-state index contributed by atoms with van der Waals surface area (Å²) in [5, 5.41) is 3.59. The summed E-state index contributed by atoms with van der Waals surface area (Å²) in [5.74, 6) is 0. The van der Waals surface area contributed by atoms with E-state index < -0.39 is 0 Å². The number of rotatable bonds is 4. The minimum atomic E-state index is -0.0741. The zero-order chi connectivity index (χ0) is 12.3. The lowest BCUT2D eigenvalue weighted by Crippen LogP contribution is -2.55. The Kier molecular flexibility index (Phi) is 3.82. The van der Waals surface area contributed by atoms with E-state index in [-0.39, 0.29) is 17.7 Å². The van der Waals surface area contributed by atoms with E-state index in [1.807, 2.05) is 6.07 Å². The second-order valence-electron chi connectivity index (χ2n) is 4.99. The maximum atomic E-state index is 5.94. The first kappa shape index (κ1) is 12.6. The summed E-state index contributed by atoms with van der Waals surface area (Å²) in [5.41, 5.74) is 7.15. The van der Waals surface area contributed by atoms with Gasteiger partial charge in [-0.3, -0.25) is 0 Å². The zero-order valence-corrected chi connectivity index (χ0v) is 10.6. The van der Waals surface area contributed by atoms with Crippen LogP contribution in [0.5, 0.6) is 0 Å².